The molecule has 0 aliphatic heterocycles. The van der Waals surface area contributed by atoms with Crippen LogP contribution in [-0.4, -0.2) is 17.3 Å². The lowest BCUT2D eigenvalue weighted by Gasteiger charge is -2.38. The molecule has 3 nitrogen and oxygen atoms in total. The molecule has 1 saturated carbocycles. The first kappa shape index (κ1) is 12.4. The van der Waals surface area contributed by atoms with Gasteiger partial charge in [0.2, 0.25) is 0 Å². The van der Waals surface area contributed by atoms with Crippen LogP contribution < -0.4 is 0 Å². The molecular weight excluding hydrogens is 238 g/mol. The molecule has 3 aliphatic rings. The molecule has 3 aliphatic carbocycles. The summed E-state index contributed by atoms with van der Waals surface area (Å²) in [6.45, 7) is 5.56. The van der Waals surface area contributed by atoms with Crippen LogP contribution in [0.5, 0.6) is 0 Å². The van der Waals surface area contributed by atoms with Gasteiger partial charge in [0.15, 0.2) is 0 Å². The van der Waals surface area contributed by atoms with E-state index < -0.39 is 5.60 Å². The predicted molar refractivity (Wildman–Crippen MR) is 74.0 cm³/mol. The van der Waals surface area contributed by atoms with Crippen molar-refractivity contribution in [2.24, 2.45) is 11.8 Å². The lowest BCUT2D eigenvalue weighted by atomic mass is 9.74. The van der Waals surface area contributed by atoms with Crippen LogP contribution >= 0.6 is 0 Å². The van der Waals surface area contributed by atoms with Crippen molar-refractivity contribution in [1.82, 2.24) is 0 Å². The normalized spacial score (nSPS) is 35.5. The Bertz CT molecular complexity index is 529. The van der Waals surface area contributed by atoms with Crippen LogP contribution in [0.25, 0.3) is 0 Å². The molecule has 0 aromatic carbocycles. The quantitative estimate of drug-likeness (QED) is 0.623. The van der Waals surface area contributed by atoms with Gasteiger partial charge in [0.05, 0.1) is 0 Å². The fraction of sp³-hybridized carbons (Fsp3) is 0.500. The highest BCUT2D eigenvalue weighted by atomic mass is 16.6. The van der Waals surface area contributed by atoms with Gasteiger partial charge in [-0.05, 0) is 36.3 Å². The number of nitrogens with one attached hydrogen (secondary N) is 1. The summed E-state index contributed by atoms with van der Waals surface area (Å²) in [6, 6.07) is 0. The van der Waals surface area contributed by atoms with E-state index in [0.717, 1.165) is 24.8 Å². The van der Waals surface area contributed by atoms with Crippen molar-refractivity contribution in [1.29, 1.82) is 5.41 Å². The molecule has 1 unspecified atom stereocenters. The van der Waals surface area contributed by atoms with E-state index in [0.29, 0.717) is 18.1 Å². The van der Waals surface area contributed by atoms with E-state index in [9.17, 15) is 4.79 Å². The molecule has 0 saturated heterocycles. The van der Waals surface area contributed by atoms with Crippen molar-refractivity contribution in [3.05, 3.63) is 36.0 Å². The van der Waals surface area contributed by atoms with Gasteiger partial charge >= 0.3 is 5.97 Å². The van der Waals surface area contributed by atoms with Gasteiger partial charge < -0.3 is 10.1 Å². The van der Waals surface area contributed by atoms with Gasteiger partial charge in [0, 0.05) is 24.1 Å². The number of carbonyl (C=O) groups is 1. The average molecular weight is 257 g/mol. The van der Waals surface area contributed by atoms with E-state index in [4.69, 9.17) is 10.1 Å². The number of ether oxygens (including phenoxy) is 1. The standard InChI is InChI=1S/C16H19NO2/c1-3-14(18)19-16(4-2)9-10-8-12(16)15-11(10)6-5-7-13(15)17/h3,5-6,10,12,17H,1,4,7-9H2,2H3/t10-,12-,16?/m0/s1. The second-order valence-electron chi connectivity index (χ2n) is 5.69. The summed E-state index contributed by atoms with van der Waals surface area (Å²) >= 11 is 0. The molecule has 3 heteroatoms. The minimum atomic E-state index is -0.410. The Morgan fingerprint density at radius 2 is 2.47 bits per heavy atom. The lowest BCUT2D eigenvalue weighted by molar-refractivity contribution is -0.157. The Kier molecular flexibility index (Phi) is 2.73. The minimum Gasteiger partial charge on any atom is -0.455 e. The van der Waals surface area contributed by atoms with Crippen LogP contribution in [0.3, 0.4) is 0 Å². The first-order valence-electron chi connectivity index (χ1n) is 6.95. The first-order valence-corrected chi connectivity index (χ1v) is 6.95. The van der Waals surface area contributed by atoms with Crippen molar-refractivity contribution in [2.75, 3.05) is 0 Å². The highest BCUT2D eigenvalue weighted by molar-refractivity contribution is 6.02. The molecule has 19 heavy (non-hydrogen) atoms. The zero-order valence-electron chi connectivity index (χ0n) is 11.2. The molecule has 0 aromatic rings. The van der Waals surface area contributed by atoms with Crippen molar-refractivity contribution in [3.63, 3.8) is 0 Å². The number of esters is 1. The van der Waals surface area contributed by atoms with E-state index in [1.165, 1.54) is 11.6 Å². The Morgan fingerprint density at radius 3 is 3.16 bits per heavy atom. The largest absolute Gasteiger partial charge is 0.455 e. The molecule has 0 radical (unpaired) electrons. The van der Waals surface area contributed by atoms with Gasteiger partial charge in [-0.2, -0.15) is 0 Å². The molecule has 3 atom stereocenters. The zero-order valence-corrected chi connectivity index (χ0v) is 11.2. The summed E-state index contributed by atoms with van der Waals surface area (Å²) in [7, 11) is 0. The highest BCUT2D eigenvalue weighted by Crippen LogP contribution is 2.58. The topological polar surface area (TPSA) is 50.2 Å². The number of rotatable bonds is 3. The van der Waals surface area contributed by atoms with Gasteiger partial charge in [-0.1, -0.05) is 25.7 Å². The summed E-state index contributed by atoms with van der Waals surface area (Å²) in [5, 5.41) is 8.18. The summed E-state index contributed by atoms with van der Waals surface area (Å²) < 4.78 is 5.72. The number of carbonyl (C=O) groups excluding carboxylic acids is 1. The molecule has 0 spiro atoms. The second-order valence-corrected chi connectivity index (χ2v) is 5.69. The van der Waals surface area contributed by atoms with Crippen molar-refractivity contribution in [2.45, 2.75) is 38.2 Å². The van der Waals surface area contributed by atoms with Crippen LogP contribution in [0.4, 0.5) is 0 Å². The molecule has 1 N–H and O–H groups in total. The molecule has 2 bridgehead atoms. The smallest absolute Gasteiger partial charge is 0.330 e. The fourth-order valence-corrected chi connectivity index (χ4v) is 4.02. The van der Waals surface area contributed by atoms with Crippen molar-refractivity contribution >= 4 is 11.7 Å². The average Bonchev–Trinajstić information content (AvgIpc) is 2.95. The minimum absolute atomic E-state index is 0.207. The Labute approximate surface area is 113 Å². The highest BCUT2D eigenvalue weighted by Gasteiger charge is 2.56. The summed E-state index contributed by atoms with van der Waals surface area (Å²) in [6.07, 6.45) is 8.92. The third-order valence-electron chi connectivity index (χ3n) is 4.86. The van der Waals surface area contributed by atoms with Gasteiger partial charge in [0.25, 0.3) is 0 Å². The summed E-state index contributed by atoms with van der Waals surface area (Å²) in [4.78, 5) is 11.6. The zero-order chi connectivity index (χ0) is 13.6. The molecule has 0 heterocycles. The maximum absolute atomic E-state index is 11.6. The molecule has 0 amide bonds. The van der Waals surface area contributed by atoms with Gasteiger partial charge in [-0.25, -0.2) is 4.79 Å². The van der Waals surface area contributed by atoms with E-state index in [1.807, 2.05) is 0 Å². The second kappa shape index (κ2) is 4.19. The predicted octanol–water partition coefficient (Wildman–Crippen LogP) is 3.18. The molecular formula is C16H19NO2. The van der Waals surface area contributed by atoms with Crippen LogP contribution in [0.15, 0.2) is 36.0 Å². The summed E-state index contributed by atoms with van der Waals surface area (Å²) in [5.41, 5.74) is 2.77. The van der Waals surface area contributed by atoms with Crippen LogP contribution in [0.2, 0.25) is 0 Å². The third kappa shape index (κ3) is 1.64. The van der Waals surface area contributed by atoms with E-state index in [-0.39, 0.29) is 11.9 Å². The molecule has 100 valence electrons. The van der Waals surface area contributed by atoms with Crippen LogP contribution in [0, 0.1) is 17.2 Å². The number of allylic oxidation sites excluding steroid dienone is 3. The Morgan fingerprint density at radius 1 is 1.68 bits per heavy atom. The number of hydrogen-bond donors (Lipinski definition) is 1. The fourth-order valence-electron chi connectivity index (χ4n) is 4.02. The van der Waals surface area contributed by atoms with Crippen molar-refractivity contribution in [3.8, 4) is 0 Å². The van der Waals surface area contributed by atoms with E-state index in [1.54, 1.807) is 0 Å². The number of hydrogen-bond acceptors (Lipinski definition) is 3. The Hall–Kier alpha value is -1.64. The van der Waals surface area contributed by atoms with Crippen LogP contribution in [0.1, 0.15) is 32.6 Å². The van der Waals surface area contributed by atoms with Gasteiger partial charge in [-0.3, -0.25) is 0 Å². The molecule has 1 fully saturated rings. The summed E-state index contributed by atoms with van der Waals surface area (Å²) in [5.74, 6) is 0.322. The van der Waals surface area contributed by atoms with Gasteiger partial charge in [-0.15, -0.1) is 0 Å². The maximum Gasteiger partial charge on any atom is 0.330 e. The lowest BCUT2D eigenvalue weighted by Crippen LogP contribution is -2.42. The number of fused-ring (bicyclic) bond motifs is 4. The SMILES string of the molecule is C=CC(=O)OC1(CC)C[C@@H]2C[C@H]1C1=C2C=CCC1=N. The van der Waals surface area contributed by atoms with E-state index in [2.05, 4.69) is 25.7 Å². The van der Waals surface area contributed by atoms with Crippen LogP contribution in [-0.2, 0) is 9.53 Å². The van der Waals surface area contributed by atoms with Crippen molar-refractivity contribution < 1.29 is 9.53 Å². The van der Waals surface area contributed by atoms with E-state index >= 15 is 0 Å². The van der Waals surface area contributed by atoms with Gasteiger partial charge in [0.1, 0.15) is 5.60 Å². The monoisotopic (exact) mass is 257 g/mol. The first-order chi connectivity index (χ1) is 9.11. The third-order valence-corrected chi connectivity index (χ3v) is 4.86. The molecule has 0 aromatic heterocycles. The Balaban J connectivity index is 1.98. The molecule has 3 rings (SSSR count). The maximum atomic E-state index is 11.6.